The fraction of sp³-hybridized carbons (Fsp3) is 0.371. The summed E-state index contributed by atoms with van der Waals surface area (Å²) in [6, 6.07) is 78.5. The van der Waals surface area contributed by atoms with E-state index in [9.17, 15) is 28.8 Å². The van der Waals surface area contributed by atoms with E-state index in [0.717, 1.165) is 125 Å². The van der Waals surface area contributed by atoms with Crippen LogP contribution in [0.3, 0.4) is 0 Å². The summed E-state index contributed by atoms with van der Waals surface area (Å²) in [6.07, 6.45) is 26.5. The van der Waals surface area contributed by atoms with E-state index in [0.29, 0.717) is 137 Å². The van der Waals surface area contributed by atoms with E-state index in [-0.39, 0.29) is 78.0 Å². The molecule has 24 N–H and O–H groups in total. The first-order valence-corrected chi connectivity index (χ1v) is 50.8. The number of rotatable bonds is 18. The summed E-state index contributed by atoms with van der Waals surface area (Å²) < 4.78 is 33.4. The summed E-state index contributed by atoms with van der Waals surface area (Å²) >= 11 is 0. The maximum atomic E-state index is 12.3. The van der Waals surface area contributed by atoms with Gasteiger partial charge < -0.3 is 97.2 Å². The Kier molecular flexibility index (Phi) is 44.2. The lowest BCUT2D eigenvalue weighted by atomic mass is 9.71. The second kappa shape index (κ2) is 56.1. The minimum absolute atomic E-state index is 0. The number of hydrogen-bond donors (Lipinski definition) is 12. The quantitative estimate of drug-likeness (QED) is 0.0164. The lowest BCUT2D eigenvalue weighted by molar-refractivity contribution is 0.0109. The highest BCUT2D eigenvalue weighted by Gasteiger charge is 2.34. The Hall–Kier alpha value is -14.9. The van der Waals surface area contributed by atoms with Crippen molar-refractivity contribution >= 4 is 104 Å². The molecule has 0 amide bonds. The van der Waals surface area contributed by atoms with Gasteiger partial charge in [0.1, 0.15) is 35.9 Å². The Morgan fingerprint density at radius 1 is 0.203 bits per heavy atom. The van der Waals surface area contributed by atoms with Crippen LogP contribution in [0.25, 0.3) is 11.1 Å². The van der Waals surface area contributed by atoms with Crippen LogP contribution in [0.15, 0.2) is 255 Å². The van der Waals surface area contributed by atoms with Crippen LogP contribution in [-0.4, -0.2) is 60.2 Å². The first-order chi connectivity index (χ1) is 69.0. The fourth-order valence-corrected chi connectivity index (χ4v) is 20.3. The highest BCUT2D eigenvalue weighted by molar-refractivity contribution is 5.96. The number of nitrogen functional groups attached to an aromatic ring is 12. The van der Waals surface area contributed by atoms with Gasteiger partial charge in [-0.3, -0.25) is 0 Å². The number of ether oxygens (including phenoxy) is 6. The number of esters is 6. The molecular formula is C124H160N12O12. The predicted octanol–water partition coefficient (Wildman–Crippen LogP) is 27.5. The molecule has 24 heteroatoms. The van der Waals surface area contributed by atoms with Crippen molar-refractivity contribution in [2.75, 3.05) is 68.8 Å². The summed E-state index contributed by atoms with van der Waals surface area (Å²) in [6.45, 7) is 13.0. The van der Waals surface area contributed by atoms with Crippen molar-refractivity contribution in [1.82, 2.24) is 0 Å². The third-order valence-corrected chi connectivity index (χ3v) is 28.5. The topological polar surface area (TPSA) is 470 Å². The van der Waals surface area contributed by atoms with Crippen molar-refractivity contribution in [3.8, 4) is 22.6 Å². The van der Waals surface area contributed by atoms with Crippen LogP contribution in [0.2, 0.25) is 0 Å². The van der Waals surface area contributed by atoms with Crippen molar-refractivity contribution < 1.29 is 57.2 Å². The lowest BCUT2D eigenvalue weighted by Crippen LogP contribution is -2.29. The van der Waals surface area contributed by atoms with Gasteiger partial charge in [-0.25, -0.2) is 28.8 Å². The molecule has 0 aliphatic heterocycles. The van der Waals surface area contributed by atoms with Gasteiger partial charge in [-0.1, -0.05) is 213 Å². The van der Waals surface area contributed by atoms with Crippen molar-refractivity contribution in [2.45, 2.75) is 273 Å². The Morgan fingerprint density at radius 2 is 0.365 bits per heavy atom. The second-order valence-electron chi connectivity index (χ2n) is 40.4. The molecule has 0 bridgehead atoms. The van der Waals surface area contributed by atoms with Crippen LogP contribution < -0.4 is 78.3 Å². The molecule has 0 saturated heterocycles. The molecule has 788 valence electrons. The van der Waals surface area contributed by atoms with Gasteiger partial charge in [0.15, 0.2) is 0 Å². The standard InChI is InChI=1S/C20H30N2O2.4C20H24N2O2.C20H18N2O2.4CH4/c6*1-13-2-4-14(5-3-13)15-6-8-19(9-7-15)24-20(23)16-10-17(21)12-18(22)11-16;;;;/h10-15,19H,2-9,21-22H2,1H3;6-14H,2-5,21-22H2,1H3;3*2-5,10-12,15,19H,6-9,21-22H2,1H3;2-12H,21-22H2,1H3;4*1H4. The SMILES string of the molecule is C.C.C.C.CC1CCC(C2CCC(OC(=O)c3cc(N)cc(N)c3)CC2)CC1.CC1CCC(c2ccc(OC(=O)c3cc(N)cc(N)c3)cc2)CC1.Cc1ccc(-c2ccc(OC(=O)c3cc(N)cc(N)c3)cc2)cc1.Cc1ccc(C2CCC(OC(=O)c3cc(N)cc(N)c3)CC2)cc1.Cc1ccc(C2CCC(OC(=O)c3cc(N)cc(N)c3)CC2)cc1.Cc1ccc(C2CCC(OC(=O)c3cc(N)cc(N)c3)CC2)cc1. The highest BCUT2D eigenvalue weighted by atomic mass is 16.6. The van der Waals surface area contributed by atoms with E-state index in [2.05, 4.69) is 151 Å². The minimum Gasteiger partial charge on any atom is -0.459 e. The minimum atomic E-state index is -0.489. The fourth-order valence-electron chi connectivity index (χ4n) is 20.3. The predicted molar refractivity (Wildman–Crippen MR) is 609 cm³/mol. The van der Waals surface area contributed by atoms with E-state index in [1.807, 2.05) is 24.3 Å². The van der Waals surface area contributed by atoms with Gasteiger partial charge >= 0.3 is 35.8 Å². The molecule has 148 heavy (non-hydrogen) atoms. The molecule has 0 atom stereocenters. The Labute approximate surface area is 877 Å². The van der Waals surface area contributed by atoms with Crippen molar-refractivity contribution in [3.05, 3.63) is 333 Å². The number of carbonyl (C=O) groups excluding carboxylic acids is 6. The average Bonchev–Trinajstić information content (AvgIpc) is 0.855. The molecule has 6 aliphatic carbocycles. The number of benzene rings is 12. The van der Waals surface area contributed by atoms with Crippen molar-refractivity contribution in [2.24, 2.45) is 23.7 Å². The summed E-state index contributed by atoms with van der Waals surface area (Å²) in [5, 5.41) is 0. The van der Waals surface area contributed by atoms with Gasteiger partial charge in [-0.15, -0.1) is 0 Å². The zero-order valence-corrected chi connectivity index (χ0v) is 84.0. The molecule has 0 spiro atoms. The van der Waals surface area contributed by atoms with Gasteiger partial charge in [0.05, 0.1) is 33.4 Å². The molecule has 6 saturated carbocycles. The van der Waals surface area contributed by atoms with E-state index in [4.69, 9.17) is 97.2 Å². The number of carbonyl (C=O) groups is 6. The van der Waals surface area contributed by atoms with Crippen LogP contribution >= 0.6 is 0 Å². The molecule has 12 aromatic rings. The smallest absolute Gasteiger partial charge is 0.343 e. The van der Waals surface area contributed by atoms with E-state index < -0.39 is 11.9 Å². The monoisotopic (exact) mass is 2010 g/mol. The summed E-state index contributed by atoms with van der Waals surface area (Å²) in [4.78, 5) is 73.5. The summed E-state index contributed by atoms with van der Waals surface area (Å²) in [5.41, 5.74) is 89.5. The zero-order chi connectivity index (χ0) is 103. The van der Waals surface area contributed by atoms with Crippen molar-refractivity contribution in [1.29, 1.82) is 0 Å². The molecule has 18 rings (SSSR count). The van der Waals surface area contributed by atoms with Crippen LogP contribution in [0.4, 0.5) is 68.2 Å². The number of anilines is 12. The molecule has 6 aliphatic rings. The molecule has 0 radical (unpaired) electrons. The third-order valence-electron chi connectivity index (χ3n) is 28.5. The number of aryl methyl sites for hydroxylation is 4. The first-order valence-electron chi connectivity index (χ1n) is 50.8. The maximum absolute atomic E-state index is 12.3. The van der Waals surface area contributed by atoms with Gasteiger partial charge in [-0.2, -0.15) is 0 Å². The Bertz CT molecular complexity index is 5850. The van der Waals surface area contributed by atoms with Crippen LogP contribution in [0.1, 0.15) is 328 Å². The molecular weight excluding hydrogens is 1850 g/mol. The number of hydrogen-bond acceptors (Lipinski definition) is 24. The first kappa shape index (κ1) is 117. The molecule has 0 aromatic heterocycles. The molecule has 0 heterocycles. The Morgan fingerprint density at radius 3 is 0.588 bits per heavy atom. The average molecular weight is 2010 g/mol. The molecule has 24 nitrogen and oxygen atoms in total. The van der Waals surface area contributed by atoms with Gasteiger partial charge in [0.2, 0.25) is 0 Å². The summed E-state index contributed by atoms with van der Waals surface area (Å²) in [7, 11) is 0. The van der Waals surface area contributed by atoms with Crippen LogP contribution in [0.5, 0.6) is 11.5 Å². The van der Waals surface area contributed by atoms with E-state index >= 15 is 0 Å². The van der Waals surface area contributed by atoms with Gasteiger partial charge in [0.25, 0.3) is 0 Å². The van der Waals surface area contributed by atoms with Crippen LogP contribution in [-0.2, 0) is 18.9 Å². The van der Waals surface area contributed by atoms with Crippen LogP contribution in [0, 0.1) is 51.4 Å². The maximum Gasteiger partial charge on any atom is 0.343 e. The normalized spacial score (nSPS) is 20.0. The van der Waals surface area contributed by atoms with Gasteiger partial charge in [0, 0.05) is 68.2 Å². The third kappa shape index (κ3) is 35.7. The van der Waals surface area contributed by atoms with Gasteiger partial charge in [-0.05, 0) is 370 Å². The molecule has 6 fully saturated rings. The Balaban J connectivity index is 0.000000196. The highest BCUT2D eigenvalue weighted by Crippen LogP contribution is 2.44. The van der Waals surface area contributed by atoms with E-state index in [1.54, 1.807) is 121 Å². The van der Waals surface area contributed by atoms with E-state index in [1.165, 1.54) is 109 Å². The molecule has 12 aromatic carbocycles. The summed E-state index contributed by atoms with van der Waals surface area (Å²) in [5.74, 6) is 4.52. The lowest BCUT2D eigenvalue weighted by Gasteiger charge is -2.37. The zero-order valence-electron chi connectivity index (χ0n) is 84.0. The molecule has 0 unspecified atom stereocenters. The van der Waals surface area contributed by atoms with Crippen molar-refractivity contribution in [3.63, 3.8) is 0 Å². The second-order valence-corrected chi connectivity index (χ2v) is 40.4. The number of nitrogens with two attached hydrogens (primary N) is 12. The largest absolute Gasteiger partial charge is 0.459 e.